The molecule has 0 heterocycles. The van der Waals surface area contributed by atoms with Gasteiger partial charge < -0.3 is 0 Å². The maximum atomic E-state index is 11.2. The Balaban J connectivity index is 2.51. The van der Waals surface area contributed by atoms with Crippen LogP contribution in [0.25, 0.3) is 0 Å². The Morgan fingerprint density at radius 3 is 2.33 bits per heavy atom. The molecule has 1 aromatic rings. The van der Waals surface area contributed by atoms with E-state index in [2.05, 4.69) is 12.1 Å². The van der Waals surface area contributed by atoms with Gasteiger partial charge in [0.25, 0.3) is 0 Å². The summed E-state index contributed by atoms with van der Waals surface area (Å²) in [5, 5.41) is -0.207. The molecule has 0 spiro atoms. The van der Waals surface area contributed by atoms with E-state index in [-0.39, 0.29) is 11.2 Å². The minimum atomic E-state index is -0.207. The van der Waals surface area contributed by atoms with Gasteiger partial charge in [-0.3, -0.25) is 4.79 Å². The van der Waals surface area contributed by atoms with Crippen molar-refractivity contribution >= 4 is 16.8 Å². The Bertz CT molecular complexity index is 306. The highest BCUT2D eigenvalue weighted by Gasteiger charge is 2.19. The number of carbonyl (C=O) groups is 1. The zero-order chi connectivity index (χ0) is 11.3. The highest BCUT2D eigenvalue weighted by Crippen LogP contribution is 2.20. The molecule has 0 aliphatic rings. The van der Waals surface area contributed by atoms with Gasteiger partial charge in [-0.05, 0) is 35.9 Å². The van der Waals surface area contributed by atoms with E-state index in [1.165, 1.54) is 5.56 Å². The average Bonchev–Trinajstić information content (AvgIpc) is 2.18. The van der Waals surface area contributed by atoms with Gasteiger partial charge >= 0.3 is 0 Å². The van der Waals surface area contributed by atoms with Crippen LogP contribution >= 0.6 is 11.6 Å². The second-order valence-corrected chi connectivity index (χ2v) is 4.55. The van der Waals surface area contributed by atoms with Gasteiger partial charge in [0.1, 0.15) is 0 Å². The Morgan fingerprint density at radius 1 is 1.27 bits per heavy atom. The summed E-state index contributed by atoms with van der Waals surface area (Å²) in [6, 6.07) is 10.2. The third-order valence-corrected chi connectivity index (χ3v) is 2.96. The standard InChI is InChI=1S/C13H17ClO/c1-10(2)12(13(14)15)9-8-11-6-4-3-5-7-11/h3-7,10,12H,8-9H2,1-2H3. The molecule has 0 saturated carbocycles. The van der Waals surface area contributed by atoms with E-state index in [1.807, 2.05) is 32.0 Å². The number of benzene rings is 1. The van der Waals surface area contributed by atoms with Crippen molar-refractivity contribution < 1.29 is 4.79 Å². The molecule has 0 bridgehead atoms. The van der Waals surface area contributed by atoms with Gasteiger partial charge in [-0.25, -0.2) is 0 Å². The monoisotopic (exact) mass is 224 g/mol. The number of hydrogen-bond acceptors (Lipinski definition) is 1. The van der Waals surface area contributed by atoms with E-state index >= 15 is 0 Å². The fourth-order valence-corrected chi connectivity index (χ4v) is 2.04. The van der Waals surface area contributed by atoms with Crippen LogP contribution in [-0.4, -0.2) is 5.24 Å². The Morgan fingerprint density at radius 2 is 1.87 bits per heavy atom. The molecule has 0 amide bonds. The van der Waals surface area contributed by atoms with Crippen LogP contribution in [0.3, 0.4) is 0 Å². The lowest BCUT2D eigenvalue weighted by Crippen LogP contribution is -2.16. The largest absolute Gasteiger partial charge is 0.281 e. The molecule has 0 aromatic heterocycles. The Labute approximate surface area is 96.5 Å². The topological polar surface area (TPSA) is 17.1 Å². The first-order chi connectivity index (χ1) is 7.11. The van der Waals surface area contributed by atoms with Crippen LogP contribution in [0, 0.1) is 11.8 Å². The lowest BCUT2D eigenvalue weighted by molar-refractivity contribution is -0.116. The van der Waals surface area contributed by atoms with Crippen molar-refractivity contribution in [1.82, 2.24) is 0 Å². The molecule has 1 aromatic carbocycles. The molecule has 0 N–H and O–H groups in total. The van der Waals surface area contributed by atoms with Crippen LogP contribution in [0.15, 0.2) is 30.3 Å². The molecule has 1 unspecified atom stereocenters. The lowest BCUT2D eigenvalue weighted by atomic mass is 9.91. The molecular formula is C13H17ClO. The van der Waals surface area contributed by atoms with Gasteiger partial charge in [-0.2, -0.15) is 0 Å². The lowest BCUT2D eigenvalue weighted by Gasteiger charge is -2.15. The van der Waals surface area contributed by atoms with Crippen molar-refractivity contribution in [2.24, 2.45) is 11.8 Å². The number of halogens is 1. The third kappa shape index (κ3) is 4.05. The molecule has 82 valence electrons. The first-order valence-corrected chi connectivity index (χ1v) is 5.72. The van der Waals surface area contributed by atoms with E-state index in [0.29, 0.717) is 5.92 Å². The Hall–Kier alpha value is -0.820. The zero-order valence-electron chi connectivity index (χ0n) is 9.24. The summed E-state index contributed by atoms with van der Waals surface area (Å²) in [6.45, 7) is 4.08. The van der Waals surface area contributed by atoms with Crippen LogP contribution in [0.5, 0.6) is 0 Å². The van der Waals surface area contributed by atoms with Crippen molar-refractivity contribution in [1.29, 1.82) is 0 Å². The summed E-state index contributed by atoms with van der Waals surface area (Å²) in [7, 11) is 0. The summed E-state index contributed by atoms with van der Waals surface area (Å²) in [5.74, 6) is 0.297. The minimum absolute atomic E-state index is 0.0214. The predicted molar refractivity (Wildman–Crippen MR) is 64.0 cm³/mol. The normalized spacial score (nSPS) is 12.8. The second kappa shape index (κ2) is 5.92. The Kier molecular flexibility index (Phi) is 4.83. The van der Waals surface area contributed by atoms with Crippen LogP contribution in [0.4, 0.5) is 0 Å². The molecule has 1 rings (SSSR count). The molecule has 1 atom stereocenters. The molecule has 1 nitrogen and oxygen atoms in total. The van der Waals surface area contributed by atoms with E-state index in [9.17, 15) is 4.79 Å². The van der Waals surface area contributed by atoms with Crippen LogP contribution in [0.2, 0.25) is 0 Å². The van der Waals surface area contributed by atoms with E-state index in [1.54, 1.807) is 0 Å². The summed E-state index contributed by atoms with van der Waals surface area (Å²) in [4.78, 5) is 11.2. The summed E-state index contributed by atoms with van der Waals surface area (Å²) < 4.78 is 0. The molecule has 0 saturated heterocycles. The summed E-state index contributed by atoms with van der Waals surface area (Å²) >= 11 is 5.57. The summed E-state index contributed by atoms with van der Waals surface area (Å²) in [5.41, 5.74) is 1.26. The molecule has 15 heavy (non-hydrogen) atoms. The highest BCUT2D eigenvalue weighted by atomic mass is 35.5. The number of aryl methyl sites for hydroxylation is 1. The smallest absolute Gasteiger partial charge is 0.224 e. The van der Waals surface area contributed by atoms with Gasteiger partial charge in [0.05, 0.1) is 0 Å². The quantitative estimate of drug-likeness (QED) is 0.698. The van der Waals surface area contributed by atoms with Crippen molar-refractivity contribution in [3.8, 4) is 0 Å². The van der Waals surface area contributed by atoms with Crippen LogP contribution in [-0.2, 0) is 11.2 Å². The maximum Gasteiger partial charge on any atom is 0.224 e. The molecule has 0 fully saturated rings. The van der Waals surface area contributed by atoms with E-state index in [4.69, 9.17) is 11.6 Å². The third-order valence-electron chi connectivity index (χ3n) is 2.68. The SMILES string of the molecule is CC(C)C(CCc1ccccc1)C(=O)Cl. The fourth-order valence-electron chi connectivity index (χ4n) is 1.68. The van der Waals surface area contributed by atoms with Crippen molar-refractivity contribution in [2.45, 2.75) is 26.7 Å². The summed E-state index contributed by atoms with van der Waals surface area (Å²) in [6.07, 6.45) is 1.76. The first-order valence-electron chi connectivity index (χ1n) is 5.34. The molecule has 0 aliphatic heterocycles. The predicted octanol–water partition coefficient (Wildman–Crippen LogP) is 3.66. The van der Waals surface area contributed by atoms with E-state index < -0.39 is 0 Å². The number of rotatable bonds is 5. The average molecular weight is 225 g/mol. The second-order valence-electron chi connectivity index (χ2n) is 4.18. The molecule has 0 aliphatic carbocycles. The van der Waals surface area contributed by atoms with Gasteiger partial charge in [-0.1, -0.05) is 44.2 Å². The zero-order valence-corrected chi connectivity index (χ0v) is 10.00. The molecule has 0 radical (unpaired) electrons. The van der Waals surface area contributed by atoms with Gasteiger partial charge in [0, 0.05) is 5.92 Å². The minimum Gasteiger partial charge on any atom is -0.281 e. The van der Waals surface area contributed by atoms with Crippen molar-refractivity contribution in [3.05, 3.63) is 35.9 Å². The number of hydrogen-bond donors (Lipinski definition) is 0. The first kappa shape index (κ1) is 12.3. The fraction of sp³-hybridized carbons (Fsp3) is 0.462. The number of carbonyl (C=O) groups excluding carboxylic acids is 1. The van der Waals surface area contributed by atoms with Crippen LogP contribution in [0.1, 0.15) is 25.8 Å². The van der Waals surface area contributed by atoms with Gasteiger partial charge in [0.15, 0.2) is 0 Å². The van der Waals surface area contributed by atoms with Crippen molar-refractivity contribution in [2.75, 3.05) is 0 Å². The van der Waals surface area contributed by atoms with Gasteiger partial charge in [0.2, 0.25) is 5.24 Å². The van der Waals surface area contributed by atoms with Crippen molar-refractivity contribution in [3.63, 3.8) is 0 Å². The highest BCUT2D eigenvalue weighted by molar-refractivity contribution is 6.64. The maximum absolute atomic E-state index is 11.2. The van der Waals surface area contributed by atoms with Gasteiger partial charge in [-0.15, -0.1) is 0 Å². The van der Waals surface area contributed by atoms with E-state index in [0.717, 1.165) is 12.8 Å². The molecular weight excluding hydrogens is 208 g/mol. The molecule has 2 heteroatoms. The van der Waals surface area contributed by atoms with Crippen LogP contribution < -0.4 is 0 Å².